The summed E-state index contributed by atoms with van der Waals surface area (Å²) >= 11 is 0. The highest BCUT2D eigenvalue weighted by Crippen LogP contribution is 2.31. The van der Waals surface area contributed by atoms with E-state index in [2.05, 4.69) is 32.5 Å². The van der Waals surface area contributed by atoms with Gasteiger partial charge in [0.05, 0.1) is 17.6 Å². The average molecular weight is 538 g/mol. The normalized spacial score (nSPS) is 17.2. The summed E-state index contributed by atoms with van der Waals surface area (Å²) in [5, 5.41) is 12.4. The van der Waals surface area contributed by atoms with Gasteiger partial charge in [0.1, 0.15) is 17.9 Å². The van der Waals surface area contributed by atoms with Crippen LogP contribution in [0.15, 0.2) is 61.1 Å². The summed E-state index contributed by atoms with van der Waals surface area (Å²) in [5.41, 5.74) is 6.07. The molecule has 0 bridgehead atoms. The summed E-state index contributed by atoms with van der Waals surface area (Å²) in [4.78, 5) is 32.2. The fourth-order valence-corrected chi connectivity index (χ4v) is 5.11. The van der Waals surface area contributed by atoms with Crippen LogP contribution in [0.25, 0.3) is 33.7 Å². The van der Waals surface area contributed by atoms with Gasteiger partial charge in [-0.15, -0.1) is 5.10 Å². The van der Waals surface area contributed by atoms with Crippen LogP contribution in [0.3, 0.4) is 0 Å². The van der Waals surface area contributed by atoms with Crippen LogP contribution in [0, 0.1) is 6.92 Å². The lowest BCUT2D eigenvalue weighted by molar-refractivity contribution is 0.0695. The van der Waals surface area contributed by atoms with Crippen molar-refractivity contribution in [3.8, 4) is 22.6 Å². The van der Waals surface area contributed by atoms with Crippen LogP contribution in [0.5, 0.6) is 0 Å². The number of hydrogen-bond acceptors (Lipinski definition) is 8. The highest BCUT2D eigenvalue weighted by Gasteiger charge is 2.30. The molecule has 0 saturated carbocycles. The molecule has 5 heterocycles. The number of anilines is 1. The summed E-state index contributed by atoms with van der Waals surface area (Å²) in [7, 11) is 1.84. The molecule has 1 fully saturated rings. The quantitative estimate of drug-likeness (QED) is 0.318. The van der Waals surface area contributed by atoms with Crippen molar-refractivity contribution >= 4 is 23.1 Å². The number of piperidine rings is 1. The molecule has 1 saturated heterocycles. The number of amides is 1. The molecule has 1 aliphatic heterocycles. The van der Waals surface area contributed by atoms with Gasteiger partial charge in [0.15, 0.2) is 0 Å². The van der Waals surface area contributed by atoms with Crippen LogP contribution in [0.4, 0.5) is 10.7 Å². The van der Waals surface area contributed by atoms with Crippen LogP contribution in [-0.2, 0) is 18.4 Å². The Hall–Kier alpha value is -4.80. The number of benzene rings is 1. The molecule has 11 heteroatoms. The number of aryl methyl sites for hydroxylation is 2. The zero-order valence-corrected chi connectivity index (χ0v) is 22.7. The number of carbonyl (C=O) groups is 1. The molecular formula is C29H31N9O2. The van der Waals surface area contributed by atoms with Crippen molar-refractivity contribution in [1.82, 2.24) is 39.8 Å². The van der Waals surface area contributed by atoms with E-state index >= 15 is 0 Å². The SMILES string of the molecule is Cc1cnc(N[C@H]2CC[C@H](C)N(C(=O)OCc3ccccc3)C2)nc1-c1c[nH]c2nc(-c3cnnn3C)ccc12. The van der Waals surface area contributed by atoms with Crippen molar-refractivity contribution in [3.63, 3.8) is 0 Å². The number of aromatic amines is 1. The van der Waals surface area contributed by atoms with Crippen LogP contribution in [-0.4, -0.2) is 64.6 Å². The van der Waals surface area contributed by atoms with Gasteiger partial charge in [0.2, 0.25) is 5.95 Å². The Morgan fingerprint density at radius 1 is 1.12 bits per heavy atom. The summed E-state index contributed by atoms with van der Waals surface area (Å²) in [6.07, 6.45) is 6.90. The highest BCUT2D eigenvalue weighted by atomic mass is 16.6. The number of aromatic nitrogens is 7. The zero-order valence-electron chi connectivity index (χ0n) is 22.7. The fourth-order valence-electron chi connectivity index (χ4n) is 5.11. The Balaban J connectivity index is 1.18. The molecule has 5 aromatic rings. The molecule has 1 aliphatic rings. The zero-order chi connectivity index (χ0) is 27.6. The first-order valence-electron chi connectivity index (χ1n) is 13.4. The van der Waals surface area contributed by atoms with E-state index in [0.717, 1.165) is 57.6 Å². The minimum atomic E-state index is -0.305. The van der Waals surface area contributed by atoms with Gasteiger partial charge in [0.25, 0.3) is 0 Å². The third-order valence-corrected chi connectivity index (χ3v) is 7.40. The van der Waals surface area contributed by atoms with Crippen molar-refractivity contribution in [2.24, 2.45) is 7.05 Å². The first-order chi connectivity index (χ1) is 19.5. The maximum absolute atomic E-state index is 12.9. The first-order valence-corrected chi connectivity index (χ1v) is 13.4. The van der Waals surface area contributed by atoms with Crippen molar-refractivity contribution in [1.29, 1.82) is 0 Å². The number of nitrogens with one attached hydrogen (secondary N) is 2. The monoisotopic (exact) mass is 537 g/mol. The molecule has 0 spiro atoms. The Morgan fingerprint density at radius 2 is 1.98 bits per heavy atom. The van der Waals surface area contributed by atoms with Gasteiger partial charge < -0.3 is 19.9 Å². The van der Waals surface area contributed by atoms with E-state index in [-0.39, 0.29) is 24.8 Å². The van der Waals surface area contributed by atoms with E-state index in [4.69, 9.17) is 14.7 Å². The van der Waals surface area contributed by atoms with E-state index in [1.165, 1.54) is 0 Å². The van der Waals surface area contributed by atoms with Gasteiger partial charge in [0, 0.05) is 49.0 Å². The fraction of sp³-hybridized carbons (Fsp3) is 0.310. The maximum Gasteiger partial charge on any atom is 0.410 e. The molecule has 0 unspecified atom stereocenters. The number of H-pyrrole nitrogens is 1. The molecular weight excluding hydrogens is 506 g/mol. The summed E-state index contributed by atoms with van der Waals surface area (Å²) in [5.74, 6) is 0.526. The largest absolute Gasteiger partial charge is 0.445 e. The number of rotatable bonds is 6. The van der Waals surface area contributed by atoms with Crippen LogP contribution < -0.4 is 5.32 Å². The van der Waals surface area contributed by atoms with Crippen molar-refractivity contribution in [2.75, 3.05) is 11.9 Å². The number of nitrogens with zero attached hydrogens (tertiary/aromatic N) is 7. The van der Waals surface area contributed by atoms with Crippen LogP contribution in [0.1, 0.15) is 30.9 Å². The van der Waals surface area contributed by atoms with Gasteiger partial charge in [-0.3, -0.25) is 0 Å². The number of hydrogen-bond donors (Lipinski definition) is 2. The van der Waals surface area contributed by atoms with E-state index in [1.807, 2.05) is 68.8 Å². The molecule has 0 aliphatic carbocycles. The number of ether oxygens (including phenoxy) is 1. The average Bonchev–Trinajstić information content (AvgIpc) is 3.60. The molecule has 1 amide bonds. The van der Waals surface area contributed by atoms with Gasteiger partial charge >= 0.3 is 6.09 Å². The summed E-state index contributed by atoms with van der Waals surface area (Å²) < 4.78 is 7.31. The smallest absolute Gasteiger partial charge is 0.410 e. The number of likely N-dealkylation sites (tertiary alicyclic amines) is 1. The lowest BCUT2D eigenvalue weighted by atomic mass is 10.00. The molecule has 40 heavy (non-hydrogen) atoms. The number of pyridine rings is 1. The predicted octanol–water partition coefficient (Wildman–Crippen LogP) is 4.73. The third kappa shape index (κ3) is 5.09. The molecule has 4 aromatic heterocycles. The minimum absolute atomic E-state index is 0.00993. The van der Waals surface area contributed by atoms with Gasteiger partial charge in [-0.2, -0.15) is 0 Å². The van der Waals surface area contributed by atoms with Crippen molar-refractivity contribution < 1.29 is 9.53 Å². The lowest BCUT2D eigenvalue weighted by Crippen LogP contribution is -2.50. The molecule has 6 rings (SSSR count). The lowest BCUT2D eigenvalue weighted by Gasteiger charge is -2.37. The second kappa shape index (κ2) is 10.8. The van der Waals surface area contributed by atoms with Crippen LogP contribution in [0.2, 0.25) is 0 Å². The second-order valence-electron chi connectivity index (χ2n) is 10.2. The molecule has 204 valence electrons. The minimum Gasteiger partial charge on any atom is -0.445 e. The molecule has 11 nitrogen and oxygen atoms in total. The van der Waals surface area contributed by atoms with Gasteiger partial charge in [-0.1, -0.05) is 35.5 Å². The van der Waals surface area contributed by atoms with Crippen molar-refractivity contribution in [2.45, 2.75) is 45.4 Å². The Labute approximate surface area is 231 Å². The van der Waals surface area contributed by atoms with Gasteiger partial charge in [-0.05, 0) is 49.9 Å². The maximum atomic E-state index is 12.9. The van der Waals surface area contributed by atoms with Gasteiger partial charge in [-0.25, -0.2) is 24.4 Å². The molecule has 2 atom stereocenters. The van der Waals surface area contributed by atoms with E-state index in [1.54, 1.807) is 15.8 Å². The summed E-state index contributed by atoms with van der Waals surface area (Å²) in [6.45, 7) is 4.82. The first kappa shape index (κ1) is 25.5. The van der Waals surface area contributed by atoms with Crippen LogP contribution >= 0.6 is 0 Å². The summed E-state index contributed by atoms with van der Waals surface area (Å²) in [6, 6.07) is 13.8. The number of fused-ring (bicyclic) bond motifs is 1. The topological polar surface area (TPSA) is 127 Å². The Morgan fingerprint density at radius 3 is 2.77 bits per heavy atom. The standard InChI is InChI=1S/C29H31N9O2/c1-18-13-31-28(33-21-10-9-19(2)38(16-21)29(39)40-17-20-7-5-4-6-8-20)35-26(18)23-14-30-27-22(23)11-12-24(34-27)25-15-32-36-37(25)3/h4-8,11-15,19,21H,9-10,16-17H2,1-3H3,(H,30,34)(H,31,33,35)/t19-,21-/m0/s1. The molecule has 2 N–H and O–H groups in total. The Kier molecular flexibility index (Phi) is 6.85. The van der Waals surface area contributed by atoms with Crippen molar-refractivity contribution in [3.05, 3.63) is 72.2 Å². The molecule has 0 radical (unpaired) electrons. The second-order valence-corrected chi connectivity index (χ2v) is 10.2. The Bertz CT molecular complexity index is 1650. The van der Waals surface area contributed by atoms with E-state index < -0.39 is 0 Å². The van der Waals surface area contributed by atoms with E-state index in [9.17, 15) is 4.79 Å². The number of carbonyl (C=O) groups excluding carboxylic acids is 1. The predicted molar refractivity (Wildman–Crippen MR) is 151 cm³/mol. The third-order valence-electron chi connectivity index (χ3n) is 7.40. The molecule has 1 aromatic carbocycles. The van der Waals surface area contributed by atoms with E-state index in [0.29, 0.717) is 12.5 Å². The highest BCUT2D eigenvalue weighted by molar-refractivity contribution is 5.94.